The largest absolute Gasteiger partial charge is 0.476 e. The Morgan fingerprint density at radius 2 is 2.13 bits per heavy atom. The highest BCUT2D eigenvalue weighted by Gasteiger charge is 2.35. The summed E-state index contributed by atoms with van der Waals surface area (Å²) in [7, 11) is 0. The Kier molecular flexibility index (Phi) is 9.32. The van der Waals surface area contributed by atoms with Gasteiger partial charge in [0.25, 0.3) is 0 Å². The number of carbonyl (C=O) groups is 2. The Morgan fingerprint density at radius 1 is 1.42 bits per heavy atom. The molecule has 1 aliphatic carbocycles. The lowest BCUT2D eigenvalue weighted by Crippen LogP contribution is -2.23. The molecule has 2 N–H and O–H groups in total. The quantitative estimate of drug-likeness (QED) is 0.306. The molecule has 31 heavy (non-hydrogen) atoms. The summed E-state index contributed by atoms with van der Waals surface area (Å²) in [6.07, 6.45) is 0.811. The summed E-state index contributed by atoms with van der Waals surface area (Å²) in [6, 6.07) is 0. The normalized spacial score (nSPS) is 21.2. The van der Waals surface area contributed by atoms with Crippen LogP contribution in [-0.2, 0) is 4.79 Å². The zero-order valence-electron chi connectivity index (χ0n) is 17.4. The van der Waals surface area contributed by atoms with E-state index in [0.29, 0.717) is 29.4 Å². The number of halogens is 3. The maximum atomic E-state index is 13.0. The monoisotopic (exact) mass is 477 g/mol. The third-order valence-electron chi connectivity index (χ3n) is 5.49. The van der Waals surface area contributed by atoms with Gasteiger partial charge in [0.2, 0.25) is 0 Å². The van der Waals surface area contributed by atoms with E-state index in [1.165, 1.54) is 35.4 Å². The molecular formula is C21H26F3NO4S2. The van der Waals surface area contributed by atoms with Crippen molar-refractivity contribution >= 4 is 34.9 Å². The minimum atomic E-state index is -2.36. The Morgan fingerprint density at radius 3 is 2.74 bits per heavy atom. The second-order valence-corrected chi connectivity index (χ2v) is 10.2. The van der Waals surface area contributed by atoms with Crippen molar-refractivity contribution in [2.24, 2.45) is 11.8 Å². The number of carbonyl (C=O) groups excluding carboxylic acids is 1. The van der Waals surface area contributed by atoms with Crippen molar-refractivity contribution in [1.29, 1.82) is 0 Å². The first kappa shape index (κ1) is 25.6. The van der Waals surface area contributed by atoms with E-state index in [0.717, 1.165) is 5.57 Å². The van der Waals surface area contributed by atoms with Crippen LogP contribution in [0.2, 0.25) is 0 Å². The molecule has 1 unspecified atom stereocenters. The zero-order valence-corrected chi connectivity index (χ0v) is 19.0. The second-order valence-electron chi connectivity index (χ2n) is 7.97. The molecule has 1 fully saturated rings. The van der Waals surface area contributed by atoms with Crippen molar-refractivity contribution in [3.63, 3.8) is 0 Å². The molecule has 3 atom stereocenters. The molecule has 2 rings (SSSR count). The third-order valence-corrected chi connectivity index (χ3v) is 7.55. The third kappa shape index (κ3) is 7.76. The predicted octanol–water partition coefficient (Wildman–Crippen LogP) is 5.86. The zero-order chi connectivity index (χ0) is 23.2. The summed E-state index contributed by atoms with van der Waals surface area (Å²) in [5, 5.41) is 20.8. The summed E-state index contributed by atoms with van der Waals surface area (Å²) >= 11 is 2.68. The first-order valence-corrected chi connectivity index (χ1v) is 11.8. The van der Waals surface area contributed by atoms with Crippen LogP contribution in [0.3, 0.4) is 0 Å². The standard InChI is InChI=1S/C21H26F3NO4S2/c1-12(5-8-21(2,29)9-6-15(22)18(23)24)13-3-4-17(26)14(13)7-10-30-20-25-16(11-31-20)19(27)28/h5,11,13-14,29H,3-4,6-10H2,1-2H3,(H,27,28)/b12-5+/t13-,14-,21?/m1/s1. The van der Waals surface area contributed by atoms with E-state index in [2.05, 4.69) is 4.98 Å². The maximum absolute atomic E-state index is 13.0. The highest BCUT2D eigenvalue weighted by atomic mass is 32.2. The summed E-state index contributed by atoms with van der Waals surface area (Å²) in [5.74, 6) is -1.88. The van der Waals surface area contributed by atoms with E-state index in [9.17, 15) is 27.9 Å². The van der Waals surface area contributed by atoms with Gasteiger partial charge in [0.1, 0.15) is 5.78 Å². The van der Waals surface area contributed by atoms with Crippen molar-refractivity contribution in [2.75, 3.05) is 5.75 Å². The van der Waals surface area contributed by atoms with Crippen molar-refractivity contribution in [1.82, 2.24) is 4.98 Å². The van der Waals surface area contributed by atoms with Crippen molar-refractivity contribution in [3.05, 3.63) is 34.6 Å². The molecular weight excluding hydrogens is 451 g/mol. The first-order chi connectivity index (χ1) is 14.5. The molecule has 1 aromatic heterocycles. The molecule has 1 heterocycles. The van der Waals surface area contributed by atoms with Crippen LogP contribution in [0.1, 0.15) is 62.9 Å². The number of aliphatic hydroxyl groups is 1. The lowest BCUT2D eigenvalue weighted by atomic mass is 9.85. The molecule has 0 amide bonds. The Labute approximate surface area is 187 Å². The van der Waals surface area contributed by atoms with Crippen LogP contribution in [0, 0.1) is 11.8 Å². The summed E-state index contributed by atoms with van der Waals surface area (Å²) in [6.45, 7) is 3.37. The van der Waals surface area contributed by atoms with Crippen molar-refractivity contribution in [2.45, 2.75) is 62.3 Å². The van der Waals surface area contributed by atoms with Crippen LogP contribution < -0.4 is 0 Å². The summed E-state index contributed by atoms with van der Waals surface area (Å²) in [4.78, 5) is 27.3. The number of aromatic carboxylic acids is 1. The number of rotatable bonds is 11. The number of ketones is 1. The molecule has 0 spiro atoms. The minimum absolute atomic E-state index is 0.0118. The number of aromatic nitrogens is 1. The van der Waals surface area contributed by atoms with Gasteiger partial charge in [-0.05, 0) is 45.4 Å². The molecule has 0 aromatic carbocycles. The van der Waals surface area contributed by atoms with E-state index in [-0.39, 0.29) is 36.2 Å². The molecule has 0 bridgehead atoms. The van der Waals surface area contributed by atoms with Gasteiger partial charge in [-0.25, -0.2) is 14.2 Å². The lowest BCUT2D eigenvalue weighted by Gasteiger charge is -2.23. The number of carboxylic acids is 1. The second kappa shape index (κ2) is 11.3. The Hall–Kier alpha value is -1.65. The predicted molar refractivity (Wildman–Crippen MR) is 114 cm³/mol. The fraction of sp³-hybridized carbons (Fsp3) is 0.571. The Bertz CT molecular complexity index is 863. The topological polar surface area (TPSA) is 87.5 Å². The van der Waals surface area contributed by atoms with Gasteiger partial charge in [-0.1, -0.05) is 23.4 Å². The fourth-order valence-corrected chi connectivity index (χ4v) is 5.51. The number of thiazole rings is 1. The van der Waals surface area contributed by atoms with Crippen LogP contribution >= 0.6 is 23.1 Å². The average molecular weight is 478 g/mol. The van der Waals surface area contributed by atoms with Gasteiger partial charge in [-0.3, -0.25) is 4.79 Å². The fourth-order valence-electron chi connectivity index (χ4n) is 3.62. The Balaban J connectivity index is 1.91. The molecule has 10 heteroatoms. The van der Waals surface area contributed by atoms with E-state index in [1.54, 1.807) is 0 Å². The van der Waals surface area contributed by atoms with E-state index >= 15 is 0 Å². The number of Topliss-reactive ketones (excluding diaryl/α,β-unsaturated/α-hetero) is 1. The molecule has 5 nitrogen and oxygen atoms in total. The van der Waals surface area contributed by atoms with E-state index in [1.807, 2.05) is 13.0 Å². The number of carboxylic acid groups (broad SMARTS) is 1. The number of nitrogens with zero attached hydrogens (tertiary/aromatic N) is 1. The van der Waals surface area contributed by atoms with Crippen molar-refractivity contribution < 1.29 is 33.0 Å². The summed E-state index contributed by atoms with van der Waals surface area (Å²) < 4.78 is 38.0. The first-order valence-electron chi connectivity index (χ1n) is 9.93. The van der Waals surface area contributed by atoms with Gasteiger partial charge in [0.15, 0.2) is 15.9 Å². The van der Waals surface area contributed by atoms with Crippen molar-refractivity contribution in [3.8, 4) is 0 Å². The molecule has 0 aliphatic heterocycles. The van der Waals surface area contributed by atoms with Gasteiger partial charge < -0.3 is 10.2 Å². The van der Waals surface area contributed by atoms with Crippen LogP contribution in [0.4, 0.5) is 13.2 Å². The minimum Gasteiger partial charge on any atom is -0.476 e. The lowest BCUT2D eigenvalue weighted by molar-refractivity contribution is -0.121. The van der Waals surface area contributed by atoms with Gasteiger partial charge in [-0.15, -0.1) is 11.3 Å². The molecule has 1 saturated carbocycles. The molecule has 172 valence electrons. The summed E-state index contributed by atoms with van der Waals surface area (Å²) in [5.41, 5.74) is -0.358. The maximum Gasteiger partial charge on any atom is 0.355 e. The van der Waals surface area contributed by atoms with Gasteiger partial charge in [0.05, 0.1) is 5.60 Å². The molecule has 0 radical (unpaired) electrons. The highest BCUT2D eigenvalue weighted by molar-refractivity contribution is 8.01. The number of hydrogen-bond acceptors (Lipinski definition) is 6. The molecule has 0 saturated heterocycles. The number of hydrogen-bond donors (Lipinski definition) is 2. The number of thioether (sulfide) groups is 1. The average Bonchev–Trinajstić information content (AvgIpc) is 3.32. The van der Waals surface area contributed by atoms with Crippen LogP contribution in [0.5, 0.6) is 0 Å². The van der Waals surface area contributed by atoms with E-state index in [4.69, 9.17) is 5.11 Å². The van der Waals surface area contributed by atoms with Gasteiger partial charge in [-0.2, -0.15) is 8.78 Å². The SMILES string of the molecule is C/C(=C\CC(C)(O)CCC(F)=C(F)F)[C@H]1CCC(=O)[C@@H]1CCSc1nc(C(=O)O)cs1. The smallest absolute Gasteiger partial charge is 0.355 e. The molecule has 1 aromatic rings. The van der Waals surface area contributed by atoms with Crippen LogP contribution in [0.25, 0.3) is 0 Å². The highest BCUT2D eigenvalue weighted by Crippen LogP contribution is 2.38. The van der Waals surface area contributed by atoms with Gasteiger partial charge in [0, 0.05) is 29.9 Å². The van der Waals surface area contributed by atoms with Crippen LogP contribution in [-0.4, -0.2) is 38.3 Å². The number of allylic oxidation sites excluding steroid dienone is 2. The van der Waals surface area contributed by atoms with Gasteiger partial charge >= 0.3 is 12.0 Å². The van der Waals surface area contributed by atoms with Crippen LogP contribution in [0.15, 0.2) is 33.3 Å². The van der Waals surface area contributed by atoms with E-state index < -0.39 is 29.9 Å². The molecule has 1 aliphatic rings.